The first-order valence-electron chi connectivity index (χ1n) is 6.26. The number of benzene rings is 1. The summed E-state index contributed by atoms with van der Waals surface area (Å²) in [6, 6.07) is 5.72. The Bertz CT molecular complexity index is 735. The van der Waals surface area contributed by atoms with Gasteiger partial charge in [0.25, 0.3) is 0 Å². The van der Waals surface area contributed by atoms with Crippen molar-refractivity contribution < 1.29 is 18.3 Å². The van der Waals surface area contributed by atoms with Crippen LogP contribution in [0.3, 0.4) is 0 Å². The molecule has 1 aromatic carbocycles. The van der Waals surface area contributed by atoms with Gasteiger partial charge >= 0.3 is 5.97 Å². The lowest BCUT2D eigenvalue weighted by atomic mass is 10.1. The molecule has 0 aliphatic heterocycles. The van der Waals surface area contributed by atoms with Crippen LogP contribution in [0.1, 0.15) is 28.4 Å². The fourth-order valence-electron chi connectivity index (χ4n) is 1.82. The van der Waals surface area contributed by atoms with Crippen LogP contribution in [0.5, 0.6) is 0 Å². The molecule has 0 spiro atoms. The van der Waals surface area contributed by atoms with Gasteiger partial charge in [0.05, 0.1) is 17.5 Å². The van der Waals surface area contributed by atoms with E-state index in [4.69, 9.17) is 5.11 Å². The summed E-state index contributed by atoms with van der Waals surface area (Å²) in [4.78, 5) is 10.7. The molecule has 0 aliphatic carbocycles. The van der Waals surface area contributed by atoms with E-state index in [-0.39, 0.29) is 11.3 Å². The van der Waals surface area contributed by atoms with Crippen LogP contribution in [0.2, 0.25) is 0 Å². The third-order valence-electron chi connectivity index (χ3n) is 2.91. The number of H-pyrrole nitrogens is 1. The monoisotopic (exact) mass is 309 g/mol. The van der Waals surface area contributed by atoms with Gasteiger partial charge in [0, 0.05) is 5.56 Å². The molecule has 0 bridgehead atoms. The Morgan fingerprint density at radius 2 is 2.00 bits per heavy atom. The van der Waals surface area contributed by atoms with E-state index >= 15 is 0 Å². The third kappa shape index (κ3) is 3.82. The van der Waals surface area contributed by atoms with Crippen molar-refractivity contribution in [3.8, 4) is 0 Å². The predicted molar refractivity (Wildman–Crippen MR) is 77.6 cm³/mol. The van der Waals surface area contributed by atoms with Crippen molar-refractivity contribution in [1.82, 2.24) is 10.2 Å². The quantitative estimate of drug-likeness (QED) is 0.750. The van der Waals surface area contributed by atoms with E-state index in [0.717, 1.165) is 5.56 Å². The molecular weight excluding hydrogens is 294 g/mol. The van der Waals surface area contributed by atoms with Crippen LogP contribution in [0, 0.1) is 0 Å². The summed E-state index contributed by atoms with van der Waals surface area (Å²) in [5.74, 6) is -0.929. The number of nitrogens with zero attached hydrogens (tertiary/aromatic N) is 1. The zero-order valence-corrected chi connectivity index (χ0v) is 12.1. The maximum Gasteiger partial charge on any atom is 0.335 e. The maximum atomic E-state index is 12.1. The highest BCUT2D eigenvalue weighted by Crippen LogP contribution is 2.15. The average Bonchev–Trinajstić information content (AvgIpc) is 2.85. The first kappa shape index (κ1) is 15.0. The number of aryl methyl sites for hydroxylation is 1. The van der Waals surface area contributed by atoms with Crippen LogP contribution in [0.15, 0.2) is 30.5 Å². The molecule has 0 saturated heterocycles. The van der Waals surface area contributed by atoms with Crippen LogP contribution in [-0.4, -0.2) is 29.7 Å². The number of aromatic amines is 1. The molecule has 112 valence electrons. The highest BCUT2D eigenvalue weighted by molar-refractivity contribution is 7.91. The molecule has 3 N–H and O–H groups in total. The molecule has 0 aliphatic rings. The smallest absolute Gasteiger partial charge is 0.335 e. The summed E-state index contributed by atoms with van der Waals surface area (Å²) in [6.45, 7) is 1.90. The molecule has 0 unspecified atom stereocenters. The van der Waals surface area contributed by atoms with Gasteiger partial charge in [-0.1, -0.05) is 19.1 Å². The molecule has 0 amide bonds. The lowest BCUT2D eigenvalue weighted by molar-refractivity contribution is 0.0697. The van der Waals surface area contributed by atoms with Gasteiger partial charge in [-0.05, 0) is 24.1 Å². The van der Waals surface area contributed by atoms with Crippen LogP contribution >= 0.6 is 0 Å². The standard InChI is InChI=1S/C13H15N3O4S/c1-2-10-7-14-15-12(10)16-21(19,20)8-9-3-5-11(6-4-9)13(17)18/h3-7H,2,8H2,1H3,(H,17,18)(H2,14,15,16). The molecule has 1 aromatic heterocycles. The van der Waals surface area contributed by atoms with E-state index in [0.29, 0.717) is 17.8 Å². The Kier molecular flexibility index (Phi) is 4.27. The van der Waals surface area contributed by atoms with Crippen LogP contribution in [-0.2, 0) is 22.2 Å². The summed E-state index contributed by atoms with van der Waals surface area (Å²) < 4.78 is 26.6. The summed E-state index contributed by atoms with van der Waals surface area (Å²) in [7, 11) is -3.59. The van der Waals surface area contributed by atoms with Gasteiger partial charge in [0.15, 0.2) is 0 Å². The van der Waals surface area contributed by atoms with Gasteiger partial charge in [0.2, 0.25) is 10.0 Å². The molecule has 0 atom stereocenters. The lowest BCUT2D eigenvalue weighted by Crippen LogP contribution is -2.16. The summed E-state index contributed by atoms with van der Waals surface area (Å²) >= 11 is 0. The van der Waals surface area contributed by atoms with Crippen molar-refractivity contribution in [2.75, 3.05) is 4.72 Å². The van der Waals surface area contributed by atoms with Crippen LogP contribution in [0.25, 0.3) is 0 Å². The van der Waals surface area contributed by atoms with E-state index in [1.165, 1.54) is 24.3 Å². The van der Waals surface area contributed by atoms with E-state index in [2.05, 4.69) is 14.9 Å². The fourth-order valence-corrected chi connectivity index (χ4v) is 3.01. The fraction of sp³-hybridized carbons (Fsp3) is 0.231. The van der Waals surface area contributed by atoms with Gasteiger partial charge in [-0.15, -0.1) is 0 Å². The number of hydrogen-bond donors (Lipinski definition) is 3. The Labute approximate surface area is 122 Å². The van der Waals surface area contributed by atoms with E-state index in [9.17, 15) is 13.2 Å². The third-order valence-corrected chi connectivity index (χ3v) is 4.14. The highest BCUT2D eigenvalue weighted by atomic mass is 32.2. The number of nitrogens with one attached hydrogen (secondary N) is 2. The van der Waals surface area contributed by atoms with Crippen molar-refractivity contribution in [3.63, 3.8) is 0 Å². The van der Waals surface area contributed by atoms with E-state index in [1.54, 1.807) is 6.20 Å². The maximum absolute atomic E-state index is 12.1. The highest BCUT2D eigenvalue weighted by Gasteiger charge is 2.15. The number of anilines is 1. The molecule has 2 aromatic rings. The topological polar surface area (TPSA) is 112 Å². The van der Waals surface area contributed by atoms with Gasteiger partial charge in [0.1, 0.15) is 5.82 Å². The largest absolute Gasteiger partial charge is 0.478 e. The molecule has 21 heavy (non-hydrogen) atoms. The molecule has 1 heterocycles. The first-order chi connectivity index (χ1) is 9.91. The number of aromatic carboxylic acids is 1. The first-order valence-corrected chi connectivity index (χ1v) is 7.91. The van der Waals surface area contributed by atoms with Crippen molar-refractivity contribution in [2.24, 2.45) is 0 Å². The molecule has 0 radical (unpaired) electrons. The number of hydrogen-bond acceptors (Lipinski definition) is 4. The Morgan fingerprint density at radius 1 is 1.33 bits per heavy atom. The minimum absolute atomic E-state index is 0.117. The minimum atomic E-state index is -3.59. The van der Waals surface area contributed by atoms with Crippen molar-refractivity contribution in [2.45, 2.75) is 19.1 Å². The number of rotatable bonds is 6. The summed E-state index contributed by atoms with van der Waals surface area (Å²) in [5, 5.41) is 15.2. The normalized spacial score (nSPS) is 11.3. The molecule has 7 nitrogen and oxygen atoms in total. The second-order valence-corrected chi connectivity index (χ2v) is 6.21. The SMILES string of the molecule is CCc1cn[nH]c1NS(=O)(=O)Cc1ccc(C(=O)O)cc1. The number of sulfonamides is 1. The van der Waals surface area contributed by atoms with Gasteiger partial charge < -0.3 is 5.11 Å². The zero-order chi connectivity index (χ0) is 15.5. The Morgan fingerprint density at radius 3 is 2.57 bits per heavy atom. The van der Waals surface area contributed by atoms with Gasteiger partial charge in [-0.3, -0.25) is 9.82 Å². The van der Waals surface area contributed by atoms with E-state index < -0.39 is 16.0 Å². The lowest BCUT2D eigenvalue weighted by Gasteiger charge is -2.08. The zero-order valence-electron chi connectivity index (χ0n) is 11.3. The molecule has 2 rings (SSSR count). The Hall–Kier alpha value is -2.35. The van der Waals surface area contributed by atoms with Gasteiger partial charge in [-0.2, -0.15) is 5.10 Å². The predicted octanol–water partition coefficient (Wildman–Crippen LogP) is 1.61. The van der Waals surface area contributed by atoms with Gasteiger partial charge in [-0.25, -0.2) is 13.2 Å². The van der Waals surface area contributed by atoms with Crippen molar-refractivity contribution >= 4 is 21.8 Å². The van der Waals surface area contributed by atoms with Crippen LogP contribution in [0.4, 0.5) is 5.82 Å². The second kappa shape index (κ2) is 5.96. The molecule has 8 heteroatoms. The van der Waals surface area contributed by atoms with E-state index in [1.807, 2.05) is 6.92 Å². The second-order valence-electron chi connectivity index (χ2n) is 4.49. The average molecular weight is 309 g/mol. The number of aromatic nitrogens is 2. The number of carboxylic acids is 1. The minimum Gasteiger partial charge on any atom is -0.478 e. The number of carboxylic acid groups (broad SMARTS) is 1. The summed E-state index contributed by atoms with van der Waals surface area (Å²) in [6.07, 6.45) is 2.22. The molecule has 0 fully saturated rings. The van der Waals surface area contributed by atoms with Crippen LogP contribution < -0.4 is 4.72 Å². The molecule has 0 saturated carbocycles. The summed E-state index contributed by atoms with van der Waals surface area (Å²) in [5.41, 5.74) is 1.40. The Balaban J connectivity index is 2.12. The number of carbonyl (C=O) groups is 1. The molecular formula is C13H15N3O4S. The van der Waals surface area contributed by atoms with Crippen molar-refractivity contribution in [3.05, 3.63) is 47.2 Å². The van der Waals surface area contributed by atoms with Crippen molar-refractivity contribution in [1.29, 1.82) is 0 Å².